The number of carboxylic acids is 1. The molecular weight excluding hydrogens is 237 g/mol. The normalized spacial score (nSPS) is 23.6. The van der Waals surface area contributed by atoms with E-state index in [0.717, 1.165) is 0 Å². The zero-order valence-corrected chi connectivity index (χ0v) is 9.52. The fourth-order valence-corrected chi connectivity index (χ4v) is 2.54. The van der Waals surface area contributed by atoms with Gasteiger partial charge in [0.15, 0.2) is 0 Å². The third kappa shape index (κ3) is 1.67. The van der Waals surface area contributed by atoms with Crippen molar-refractivity contribution in [3.63, 3.8) is 0 Å². The molecule has 0 saturated carbocycles. The van der Waals surface area contributed by atoms with Crippen LogP contribution in [0.3, 0.4) is 0 Å². The second-order valence-electron chi connectivity index (χ2n) is 4.53. The number of hydrogen-bond donors (Lipinski definition) is 2. The van der Waals surface area contributed by atoms with Crippen LogP contribution in [0.5, 0.6) is 0 Å². The topological polar surface area (TPSA) is 62.5 Å². The van der Waals surface area contributed by atoms with Gasteiger partial charge in [-0.25, -0.2) is 4.39 Å². The Kier molecular flexibility index (Phi) is 2.56. The molecule has 94 valence electrons. The molecule has 4 nitrogen and oxygen atoms in total. The number of halogens is 1. The Balaban J connectivity index is 2.02. The number of carbonyl (C=O) groups is 1. The summed E-state index contributed by atoms with van der Waals surface area (Å²) in [5.74, 6) is -1.63. The first-order chi connectivity index (χ1) is 8.66. The summed E-state index contributed by atoms with van der Waals surface area (Å²) < 4.78 is 19.2. The van der Waals surface area contributed by atoms with Gasteiger partial charge in [0.25, 0.3) is 0 Å². The van der Waals surface area contributed by atoms with Gasteiger partial charge >= 0.3 is 5.97 Å². The molecule has 0 spiro atoms. The predicted molar refractivity (Wildman–Crippen MR) is 62.7 cm³/mol. The van der Waals surface area contributed by atoms with E-state index in [1.54, 1.807) is 12.1 Å². The van der Waals surface area contributed by atoms with Crippen molar-refractivity contribution in [2.75, 3.05) is 6.54 Å². The van der Waals surface area contributed by atoms with E-state index in [4.69, 9.17) is 9.52 Å². The first-order valence-electron chi connectivity index (χ1n) is 5.78. The Labute approximate surface area is 102 Å². The number of nitrogens with one attached hydrogen (secondary N) is 1. The van der Waals surface area contributed by atoms with E-state index in [2.05, 4.69) is 5.32 Å². The molecule has 0 amide bonds. The standard InChI is InChI=1S/C13H12FNO3/c14-9-1-2-11-8(3-4-18-11)12(9)10-5-7(6-15-10)13(16)17/h1-4,7,10,15H,5-6H2,(H,16,17). The van der Waals surface area contributed by atoms with Gasteiger partial charge in [-0.2, -0.15) is 0 Å². The highest BCUT2D eigenvalue weighted by atomic mass is 19.1. The van der Waals surface area contributed by atoms with Crippen molar-refractivity contribution in [1.82, 2.24) is 5.32 Å². The fourth-order valence-electron chi connectivity index (χ4n) is 2.54. The van der Waals surface area contributed by atoms with Crippen molar-refractivity contribution in [2.45, 2.75) is 12.5 Å². The molecule has 1 aromatic carbocycles. The summed E-state index contributed by atoms with van der Waals surface area (Å²) in [4.78, 5) is 10.9. The molecular formula is C13H12FNO3. The average molecular weight is 249 g/mol. The molecule has 1 aliphatic heterocycles. The molecule has 1 fully saturated rings. The summed E-state index contributed by atoms with van der Waals surface area (Å²) in [7, 11) is 0. The van der Waals surface area contributed by atoms with Gasteiger partial charge in [-0.05, 0) is 24.6 Å². The van der Waals surface area contributed by atoms with Crippen molar-refractivity contribution in [3.8, 4) is 0 Å². The van der Waals surface area contributed by atoms with Crippen molar-refractivity contribution < 1.29 is 18.7 Å². The van der Waals surface area contributed by atoms with E-state index in [1.165, 1.54) is 12.3 Å². The first-order valence-corrected chi connectivity index (χ1v) is 5.78. The van der Waals surface area contributed by atoms with Gasteiger partial charge in [0, 0.05) is 23.5 Å². The van der Waals surface area contributed by atoms with E-state index in [-0.39, 0.29) is 11.9 Å². The van der Waals surface area contributed by atoms with Crippen LogP contribution in [0.1, 0.15) is 18.0 Å². The number of furan rings is 1. The van der Waals surface area contributed by atoms with Gasteiger partial charge in [0.1, 0.15) is 11.4 Å². The first kappa shape index (κ1) is 11.2. The van der Waals surface area contributed by atoms with Crippen molar-refractivity contribution in [3.05, 3.63) is 35.8 Å². The fraction of sp³-hybridized carbons (Fsp3) is 0.308. The van der Waals surface area contributed by atoms with Crippen LogP contribution >= 0.6 is 0 Å². The summed E-state index contributed by atoms with van der Waals surface area (Å²) in [6.07, 6.45) is 1.91. The SMILES string of the molecule is O=C(O)C1CNC(c2c(F)ccc3occc23)C1. The molecule has 1 aromatic heterocycles. The van der Waals surface area contributed by atoms with Crippen LogP contribution < -0.4 is 5.32 Å². The molecule has 0 bridgehead atoms. The zero-order chi connectivity index (χ0) is 12.7. The summed E-state index contributed by atoms with van der Waals surface area (Å²) >= 11 is 0. The Bertz CT molecular complexity index is 607. The lowest BCUT2D eigenvalue weighted by atomic mass is 9.97. The van der Waals surface area contributed by atoms with Crippen LogP contribution in [0.2, 0.25) is 0 Å². The minimum atomic E-state index is -0.843. The van der Waals surface area contributed by atoms with E-state index in [0.29, 0.717) is 29.5 Å². The van der Waals surface area contributed by atoms with Gasteiger partial charge in [-0.3, -0.25) is 4.79 Å². The monoisotopic (exact) mass is 249 g/mol. The van der Waals surface area contributed by atoms with Gasteiger partial charge in [-0.15, -0.1) is 0 Å². The average Bonchev–Trinajstić information content (AvgIpc) is 2.95. The van der Waals surface area contributed by atoms with E-state index >= 15 is 0 Å². The van der Waals surface area contributed by atoms with E-state index < -0.39 is 11.9 Å². The van der Waals surface area contributed by atoms with Crippen molar-refractivity contribution in [2.24, 2.45) is 5.92 Å². The Morgan fingerprint density at radius 2 is 2.28 bits per heavy atom. The highest BCUT2D eigenvalue weighted by Crippen LogP contribution is 2.34. The van der Waals surface area contributed by atoms with Crippen LogP contribution in [-0.2, 0) is 4.79 Å². The highest BCUT2D eigenvalue weighted by Gasteiger charge is 2.32. The lowest BCUT2D eigenvalue weighted by molar-refractivity contribution is -0.141. The molecule has 2 aromatic rings. The van der Waals surface area contributed by atoms with E-state index in [9.17, 15) is 9.18 Å². The number of benzene rings is 1. The number of fused-ring (bicyclic) bond motifs is 1. The smallest absolute Gasteiger partial charge is 0.307 e. The molecule has 2 atom stereocenters. The number of hydrogen-bond acceptors (Lipinski definition) is 3. The Morgan fingerprint density at radius 3 is 3.00 bits per heavy atom. The van der Waals surface area contributed by atoms with Crippen LogP contribution in [0.15, 0.2) is 28.9 Å². The third-order valence-electron chi connectivity index (χ3n) is 3.45. The number of carboxylic acid groups (broad SMARTS) is 1. The lowest BCUT2D eigenvalue weighted by Crippen LogP contribution is -2.17. The molecule has 2 N–H and O–H groups in total. The molecule has 1 saturated heterocycles. The molecule has 18 heavy (non-hydrogen) atoms. The lowest BCUT2D eigenvalue weighted by Gasteiger charge is -2.12. The van der Waals surface area contributed by atoms with Crippen LogP contribution in [0, 0.1) is 11.7 Å². The summed E-state index contributed by atoms with van der Waals surface area (Å²) in [5, 5.41) is 12.7. The molecule has 0 radical (unpaired) electrons. The van der Waals surface area contributed by atoms with Gasteiger partial charge in [-0.1, -0.05) is 0 Å². The molecule has 1 aliphatic rings. The summed E-state index contributed by atoms with van der Waals surface area (Å²) in [5.41, 5.74) is 1.12. The molecule has 3 rings (SSSR count). The summed E-state index contributed by atoms with van der Waals surface area (Å²) in [6.45, 7) is 0.369. The van der Waals surface area contributed by atoms with Gasteiger partial charge in [0.2, 0.25) is 0 Å². The number of rotatable bonds is 2. The minimum Gasteiger partial charge on any atom is -0.481 e. The minimum absolute atomic E-state index is 0.271. The van der Waals surface area contributed by atoms with Gasteiger partial charge < -0.3 is 14.8 Å². The van der Waals surface area contributed by atoms with Gasteiger partial charge in [0.05, 0.1) is 12.2 Å². The highest BCUT2D eigenvalue weighted by molar-refractivity contribution is 5.82. The van der Waals surface area contributed by atoms with Crippen LogP contribution in [-0.4, -0.2) is 17.6 Å². The number of aliphatic carboxylic acids is 1. The largest absolute Gasteiger partial charge is 0.481 e. The zero-order valence-electron chi connectivity index (χ0n) is 9.52. The second kappa shape index (κ2) is 4.10. The second-order valence-corrected chi connectivity index (χ2v) is 4.53. The summed E-state index contributed by atoms with van der Waals surface area (Å²) in [6, 6.07) is 4.38. The van der Waals surface area contributed by atoms with Crippen LogP contribution in [0.25, 0.3) is 11.0 Å². The Morgan fingerprint density at radius 1 is 1.44 bits per heavy atom. The quantitative estimate of drug-likeness (QED) is 0.857. The molecule has 2 heterocycles. The maximum atomic E-state index is 13.9. The molecule has 2 unspecified atom stereocenters. The van der Waals surface area contributed by atoms with Crippen molar-refractivity contribution >= 4 is 16.9 Å². The maximum Gasteiger partial charge on any atom is 0.307 e. The van der Waals surface area contributed by atoms with E-state index in [1.807, 2.05) is 0 Å². The predicted octanol–water partition coefficient (Wildman–Crippen LogP) is 2.31. The molecule has 5 heteroatoms. The van der Waals surface area contributed by atoms with Crippen molar-refractivity contribution in [1.29, 1.82) is 0 Å². The van der Waals surface area contributed by atoms with Crippen LogP contribution in [0.4, 0.5) is 4.39 Å². The third-order valence-corrected chi connectivity index (χ3v) is 3.45. The Hall–Kier alpha value is -1.88. The maximum absolute atomic E-state index is 13.9. The molecule has 0 aliphatic carbocycles.